The Labute approximate surface area is 192 Å². The molecule has 1 aliphatic rings. The van der Waals surface area contributed by atoms with Gasteiger partial charge in [0.1, 0.15) is 11.3 Å². The molecule has 172 valence electrons. The van der Waals surface area contributed by atoms with Gasteiger partial charge in [0.05, 0.1) is 9.62 Å². The maximum absolute atomic E-state index is 13.9. The monoisotopic (exact) mass is 473 g/mol. The molecule has 0 spiro atoms. The number of non-ortho nitro benzene ring substituents is 1. The van der Waals surface area contributed by atoms with Crippen molar-refractivity contribution in [2.45, 2.75) is 0 Å². The van der Waals surface area contributed by atoms with Crippen molar-refractivity contribution in [2.75, 3.05) is 44.2 Å². The number of hydrogen-bond acceptors (Lipinski definition) is 7. The fraction of sp³-hybridized carbons (Fsp3) is 0.273. The molecule has 1 aliphatic heterocycles. The molecular weight excluding hydrogens is 452 g/mol. The third-order valence-electron chi connectivity index (χ3n) is 5.28. The average molecular weight is 474 g/mol. The number of fused-ring (bicyclic) bond motifs is 1. The van der Waals surface area contributed by atoms with Crippen molar-refractivity contribution < 1.29 is 18.5 Å². The van der Waals surface area contributed by atoms with Gasteiger partial charge in [0, 0.05) is 63.5 Å². The number of anilines is 1. The Kier molecular flexibility index (Phi) is 6.90. The van der Waals surface area contributed by atoms with E-state index < -0.39 is 16.6 Å². The number of carbonyl (C=O) groups is 1. The summed E-state index contributed by atoms with van der Waals surface area (Å²) < 4.78 is 27.8. The van der Waals surface area contributed by atoms with Crippen LogP contribution < -0.4 is 10.2 Å². The van der Waals surface area contributed by atoms with Gasteiger partial charge in [-0.05, 0) is 17.7 Å². The first-order chi connectivity index (χ1) is 15.9. The van der Waals surface area contributed by atoms with Gasteiger partial charge in [-0.2, -0.15) is 0 Å². The summed E-state index contributed by atoms with van der Waals surface area (Å²) in [5.74, 6) is -1.53. The first-order valence-corrected chi connectivity index (χ1v) is 11.1. The van der Waals surface area contributed by atoms with Crippen molar-refractivity contribution in [3.8, 4) is 0 Å². The van der Waals surface area contributed by atoms with Gasteiger partial charge in [-0.15, -0.1) is 0 Å². The number of halogens is 2. The lowest BCUT2D eigenvalue weighted by molar-refractivity contribution is -0.384. The van der Waals surface area contributed by atoms with Crippen LogP contribution >= 0.6 is 11.3 Å². The smallest absolute Gasteiger partial charge is 0.270 e. The molecule has 1 aromatic heterocycles. The molecule has 8 nitrogen and oxygen atoms in total. The van der Waals surface area contributed by atoms with Crippen molar-refractivity contribution in [1.29, 1.82) is 0 Å². The van der Waals surface area contributed by atoms with E-state index in [4.69, 9.17) is 0 Å². The van der Waals surface area contributed by atoms with Crippen LogP contribution in [-0.2, 0) is 4.79 Å². The van der Waals surface area contributed by atoms with E-state index in [9.17, 15) is 23.7 Å². The first-order valence-electron chi connectivity index (χ1n) is 10.3. The summed E-state index contributed by atoms with van der Waals surface area (Å²) in [7, 11) is 0. The summed E-state index contributed by atoms with van der Waals surface area (Å²) in [4.78, 5) is 30.9. The molecule has 0 atom stereocenters. The molecule has 2 heterocycles. The van der Waals surface area contributed by atoms with E-state index in [2.05, 4.69) is 20.1 Å². The van der Waals surface area contributed by atoms with Crippen molar-refractivity contribution >= 4 is 44.4 Å². The highest BCUT2D eigenvalue weighted by atomic mass is 32.1. The molecule has 4 rings (SSSR count). The summed E-state index contributed by atoms with van der Waals surface area (Å²) in [5.41, 5.74) is 0.743. The van der Waals surface area contributed by atoms with Crippen molar-refractivity contribution in [1.82, 2.24) is 15.2 Å². The molecule has 1 N–H and O–H groups in total. The SMILES string of the molecule is O=C(/C=C/c1cccc([N+](=O)[O-])c1)NCCN1CCN(c2nc3c(F)cc(F)cc3s2)CC1. The molecule has 2 aromatic carbocycles. The fourth-order valence-electron chi connectivity index (χ4n) is 3.55. The number of nitro benzene ring substituents is 1. The van der Waals surface area contributed by atoms with Gasteiger partial charge in [0.2, 0.25) is 5.91 Å². The van der Waals surface area contributed by atoms with Gasteiger partial charge in [-0.1, -0.05) is 23.5 Å². The van der Waals surface area contributed by atoms with Gasteiger partial charge < -0.3 is 10.2 Å². The highest BCUT2D eigenvalue weighted by molar-refractivity contribution is 7.22. The van der Waals surface area contributed by atoms with Crippen LogP contribution in [0.2, 0.25) is 0 Å². The largest absolute Gasteiger partial charge is 0.351 e. The predicted molar refractivity (Wildman–Crippen MR) is 123 cm³/mol. The summed E-state index contributed by atoms with van der Waals surface area (Å²) in [6.07, 6.45) is 2.89. The van der Waals surface area contributed by atoms with Gasteiger partial charge in [-0.3, -0.25) is 19.8 Å². The van der Waals surface area contributed by atoms with E-state index in [1.165, 1.54) is 41.7 Å². The van der Waals surface area contributed by atoms with Crippen LogP contribution in [0.4, 0.5) is 19.6 Å². The van der Waals surface area contributed by atoms with Crippen LogP contribution in [0.15, 0.2) is 42.5 Å². The maximum atomic E-state index is 13.9. The maximum Gasteiger partial charge on any atom is 0.270 e. The van der Waals surface area contributed by atoms with E-state index >= 15 is 0 Å². The Morgan fingerprint density at radius 3 is 2.76 bits per heavy atom. The lowest BCUT2D eigenvalue weighted by Gasteiger charge is -2.34. The molecule has 0 aliphatic carbocycles. The van der Waals surface area contributed by atoms with Crippen LogP contribution in [0.3, 0.4) is 0 Å². The molecule has 33 heavy (non-hydrogen) atoms. The number of nitrogens with zero attached hydrogens (tertiary/aromatic N) is 4. The molecule has 0 radical (unpaired) electrons. The highest BCUT2D eigenvalue weighted by Gasteiger charge is 2.21. The Morgan fingerprint density at radius 2 is 2.00 bits per heavy atom. The normalized spacial score (nSPS) is 14.8. The second kappa shape index (κ2) is 10.0. The topological polar surface area (TPSA) is 91.6 Å². The second-order valence-electron chi connectivity index (χ2n) is 7.54. The zero-order valence-corrected chi connectivity index (χ0v) is 18.4. The number of nitro groups is 1. The molecule has 0 bridgehead atoms. The Bertz CT molecular complexity index is 1210. The van der Waals surface area contributed by atoms with Crippen molar-refractivity contribution in [3.63, 3.8) is 0 Å². The molecule has 1 saturated heterocycles. The fourth-order valence-corrected chi connectivity index (χ4v) is 4.61. The summed E-state index contributed by atoms with van der Waals surface area (Å²) in [5, 5.41) is 14.3. The summed E-state index contributed by atoms with van der Waals surface area (Å²) in [6, 6.07) is 8.19. The Morgan fingerprint density at radius 1 is 1.21 bits per heavy atom. The van der Waals surface area contributed by atoms with Crippen LogP contribution in [0.1, 0.15) is 5.56 Å². The third kappa shape index (κ3) is 5.68. The molecule has 3 aromatic rings. The number of amides is 1. The number of hydrogen-bond donors (Lipinski definition) is 1. The number of thiazole rings is 1. The predicted octanol–water partition coefficient (Wildman–Crippen LogP) is 3.43. The summed E-state index contributed by atoms with van der Waals surface area (Å²) in [6.45, 7) is 4.04. The number of benzene rings is 2. The van der Waals surface area contributed by atoms with E-state index in [1.807, 2.05) is 0 Å². The first kappa shape index (κ1) is 22.7. The lowest BCUT2D eigenvalue weighted by atomic mass is 10.2. The minimum atomic E-state index is -0.651. The van der Waals surface area contributed by atoms with Crippen molar-refractivity contribution in [3.05, 3.63) is 69.8 Å². The second-order valence-corrected chi connectivity index (χ2v) is 8.55. The van der Waals surface area contributed by atoms with E-state index in [0.29, 0.717) is 41.6 Å². The van der Waals surface area contributed by atoms with Crippen LogP contribution in [0.25, 0.3) is 16.3 Å². The molecule has 1 fully saturated rings. The van der Waals surface area contributed by atoms with Gasteiger partial charge in [-0.25, -0.2) is 13.8 Å². The standard InChI is InChI=1S/C22H21F2N5O3S/c23-16-13-18(24)21-19(14-16)33-22(26-21)28-10-8-27(9-11-28)7-6-25-20(30)5-4-15-2-1-3-17(12-15)29(31)32/h1-5,12-14H,6-11H2,(H,25,30)/b5-4+. The minimum Gasteiger partial charge on any atom is -0.351 e. The number of piperazine rings is 1. The van der Waals surface area contributed by atoms with E-state index in [1.54, 1.807) is 12.1 Å². The quantitative estimate of drug-likeness (QED) is 0.321. The molecule has 0 saturated carbocycles. The minimum absolute atomic E-state index is 0.0279. The van der Waals surface area contributed by atoms with Crippen LogP contribution in [0, 0.1) is 21.7 Å². The summed E-state index contributed by atoms with van der Waals surface area (Å²) >= 11 is 1.28. The zero-order chi connectivity index (χ0) is 23.4. The Balaban J connectivity index is 1.22. The van der Waals surface area contributed by atoms with E-state index in [0.717, 1.165) is 19.2 Å². The van der Waals surface area contributed by atoms with Crippen LogP contribution in [-0.4, -0.2) is 60.0 Å². The van der Waals surface area contributed by atoms with Gasteiger partial charge >= 0.3 is 0 Å². The van der Waals surface area contributed by atoms with Gasteiger partial charge in [0.15, 0.2) is 10.9 Å². The van der Waals surface area contributed by atoms with Gasteiger partial charge in [0.25, 0.3) is 5.69 Å². The van der Waals surface area contributed by atoms with E-state index in [-0.39, 0.29) is 17.1 Å². The molecule has 11 heteroatoms. The molecular formula is C22H21F2N5O3S. The molecule has 1 amide bonds. The number of aromatic nitrogens is 1. The number of rotatable bonds is 7. The Hall–Kier alpha value is -3.44. The average Bonchev–Trinajstić information content (AvgIpc) is 3.23. The highest BCUT2D eigenvalue weighted by Crippen LogP contribution is 2.31. The zero-order valence-electron chi connectivity index (χ0n) is 17.5. The van der Waals surface area contributed by atoms with Crippen molar-refractivity contribution in [2.24, 2.45) is 0 Å². The third-order valence-corrected chi connectivity index (χ3v) is 6.34. The molecule has 0 unspecified atom stereocenters. The number of nitrogens with one attached hydrogen (secondary N) is 1. The number of carbonyl (C=O) groups excluding carboxylic acids is 1. The lowest BCUT2D eigenvalue weighted by Crippen LogP contribution is -2.48. The van der Waals surface area contributed by atoms with Crippen LogP contribution in [0.5, 0.6) is 0 Å².